The molecule has 1 aromatic carbocycles. The number of piperazine rings is 1. The van der Waals surface area contributed by atoms with Crippen LogP contribution in [0.3, 0.4) is 0 Å². The lowest BCUT2D eigenvalue weighted by atomic mass is 9.78. The topological polar surface area (TPSA) is 92.4 Å². The van der Waals surface area contributed by atoms with Crippen molar-refractivity contribution in [2.24, 2.45) is 5.41 Å². The predicted molar refractivity (Wildman–Crippen MR) is 172 cm³/mol. The number of ether oxygens (including phenoxy) is 1. The average molecular weight is 694 g/mol. The van der Waals surface area contributed by atoms with Crippen LogP contribution in [0.25, 0.3) is 27.7 Å². The number of pyridine rings is 1. The lowest BCUT2D eigenvalue weighted by molar-refractivity contribution is -0.137. The first-order valence-corrected chi connectivity index (χ1v) is 16.1. The molecule has 0 radical (unpaired) electrons. The largest absolute Gasteiger partial charge is 0.462 e. The normalized spacial score (nSPS) is 25.8. The molecule has 4 aliphatic heterocycles. The molecule has 0 aliphatic carbocycles. The Hall–Kier alpha value is -3.62. The van der Waals surface area contributed by atoms with E-state index in [2.05, 4.69) is 21.9 Å². The molecule has 0 saturated carbocycles. The molecule has 256 valence electrons. The van der Waals surface area contributed by atoms with Crippen molar-refractivity contribution in [1.82, 2.24) is 25.2 Å². The second kappa shape index (κ2) is 11.5. The van der Waals surface area contributed by atoms with E-state index < -0.39 is 40.3 Å². The Kier molecular flexibility index (Phi) is 7.87. The van der Waals surface area contributed by atoms with Crippen LogP contribution in [0, 0.1) is 18.2 Å². The highest BCUT2D eigenvalue weighted by molar-refractivity contribution is 6.37. The first-order chi connectivity index (χ1) is 22.6. The van der Waals surface area contributed by atoms with E-state index in [-0.39, 0.29) is 82.2 Å². The molecule has 48 heavy (non-hydrogen) atoms. The lowest BCUT2D eigenvalue weighted by Crippen LogP contribution is -2.58. The second-order valence-corrected chi connectivity index (χ2v) is 14.0. The summed E-state index contributed by atoms with van der Waals surface area (Å²) in [7, 11) is 1.82. The molecular weight excluding hydrogens is 660 g/mol. The summed E-state index contributed by atoms with van der Waals surface area (Å²) in [6.45, 7) is 8.11. The summed E-state index contributed by atoms with van der Waals surface area (Å²) in [5.74, 6) is -1.12. The number of hydrogen-bond donors (Lipinski definition) is 2. The van der Waals surface area contributed by atoms with Gasteiger partial charge in [0.25, 0.3) is 6.08 Å². The van der Waals surface area contributed by atoms with Gasteiger partial charge in [0.1, 0.15) is 23.8 Å². The van der Waals surface area contributed by atoms with Gasteiger partial charge in [-0.1, -0.05) is 25.1 Å². The van der Waals surface area contributed by atoms with E-state index >= 15 is 4.39 Å². The molecule has 3 saturated heterocycles. The van der Waals surface area contributed by atoms with Gasteiger partial charge in [0.2, 0.25) is 0 Å². The highest BCUT2D eigenvalue weighted by Gasteiger charge is 2.46. The minimum absolute atomic E-state index is 0.0410. The minimum Gasteiger partial charge on any atom is -0.462 e. The molecule has 0 amide bonds. The van der Waals surface area contributed by atoms with Gasteiger partial charge < -0.3 is 25.6 Å². The molecule has 15 heteroatoms. The van der Waals surface area contributed by atoms with Crippen molar-refractivity contribution in [3.8, 4) is 17.3 Å². The molecule has 2 bridgehead atoms. The lowest BCUT2D eigenvalue weighted by Gasteiger charge is -2.41. The maximum atomic E-state index is 17.0. The second-order valence-electron chi connectivity index (χ2n) is 13.7. The Balaban J connectivity index is 1.47. The number of aromatic nitrogens is 3. The Labute approximate surface area is 278 Å². The standard InChI is InChI=1S/C33H34ClF6N7O/c1-14-9-19-18-6-5-16(42-18)11-47(19)30-22-21(14)25(34)23(27-24(33(38,39)40)15(2)10-20(41)43-27)26(35)28(22)44-31(45-30)48-13-32(3)12-46(4)8-7-17(32)29(36)37/h10,16,18-19,42H,1,5-9,11-13H2,2-4H3,(H2,41,43)/t16-,18?,19-,32?/m1/s1. The number of nitrogens with one attached hydrogen (secondary N) is 1. The van der Waals surface area contributed by atoms with Crippen LogP contribution in [0.4, 0.5) is 38.0 Å². The van der Waals surface area contributed by atoms with Crippen LogP contribution in [0.1, 0.15) is 49.3 Å². The summed E-state index contributed by atoms with van der Waals surface area (Å²) >= 11 is 6.93. The average Bonchev–Trinajstić information content (AvgIpc) is 3.32. The molecule has 3 fully saturated rings. The molecule has 3 N–H and O–H groups in total. The number of likely N-dealkylation sites (tertiary alicyclic amines) is 1. The third kappa shape index (κ3) is 5.27. The van der Waals surface area contributed by atoms with Gasteiger partial charge in [-0.2, -0.15) is 31.9 Å². The SMILES string of the molecule is C=C1C[C@@H]2C3CC[C@H](CN2c2nc(OCC4(C)CN(C)CCC4=C(F)F)nc4c(F)c(-c5nc(N)cc(C)c5C(F)(F)F)c(Cl)c1c24)N3. The van der Waals surface area contributed by atoms with Gasteiger partial charge >= 0.3 is 12.2 Å². The van der Waals surface area contributed by atoms with Crippen LogP contribution in [-0.4, -0.2) is 71.3 Å². The number of fused-ring (bicyclic) bond motifs is 5. The Bertz CT molecular complexity index is 1900. The maximum absolute atomic E-state index is 17.0. The monoisotopic (exact) mass is 693 g/mol. The van der Waals surface area contributed by atoms with E-state index in [4.69, 9.17) is 27.1 Å². The summed E-state index contributed by atoms with van der Waals surface area (Å²) in [5, 5.41) is 3.49. The maximum Gasteiger partial charge on any atom is 0.418 e. The highest BCUT2D eigenvalue weighted by atomic mass is 35.5. The van der Waals surface area contributed by atoms with Crippen molar-refractivity contribution in [2.75, 3.05) is 43.9 Å². The van der Waals surface area contributed by atoms with Gasteiger partial charge in [-0.15, -0.1) is 0 Å². The summed E-state index contributed by atoms with van der Waals surface area (Å²) in [6, 6.07) is 0.745. The third-order valence-electron chi connectivity index (χ3n) is 10.2. The molecule has 8 nitrogen and oxygen atoms in total. The van der Waals surface area contributed by atoms with Crippen molar-refractivity contribution in [1.29, 1.82) is 0 Å². The number of anilines is 2. The molecule has 7 rings (SSSR count). The van der Waals surface area contributed by atoms with E-state index in [0.29, 0.717) is 30.9 Å². The first kappa shape index (κ1) is 32.9. The van der Waals surface area contributed by atoms with Gasteiger partial charge in [0, 0.05) is 54.3 Å². The fourth-order valence-electron chi connectivity index (χ4n) is 8.11. The summed E-state index contributed by atoms with van der Waals surface area (Å²) < 4.78 is 94.7. The van der Waals surface area contributed by atoms with Crippen molar-refractivity contribution in [3.63, 3.8) is 0 Å². The molecule has 4 atom stereocenters. The predicted octanol–water partition coefficient (Wildman–Crippen LogP) is 6.99. The Morgan fingerprint density at radius 1 is 1.21 bits per heavy atom. The smallest absolute Gasteiger partial charge is 0.418 e. The van der Waals surface area contributed by atoms with Gasteiger partial charge in [-0.25, -0.2) is 9.37 Å². The number of hydrogen-bond acceptors (Lipinski definition) is 8. The van der Waals surface area contributed by atoms with Gasteiger partial charge in [-0.3, -0.25) is 0 Å². The summed E-state index contributed by atoms with van der Waals surface area (Å²) in [5.41, 5.74) is 2.27. The quantitative estimate of drug-likeness (QED) is 0.283. The molecule has 2 unspecified atom stereocenters. The van der Waals surface area contributed by atoms with Crippen LogP contribution in [0.15, 0.2) is 24.3 Å². The van der Waals surface area contributed by atoms with Crippen LogP contribution < -0.4 is 20.7 Å². The van der Waals surface area contributed by atoms with Gasteiger partial charge in [-0.05, 0) is 56.9 Å². The molecule has 3 aromatic rings. The molecule has 6 heterocycles. The molecular formula is C33H34ClF6N7O. The van der Waals surface area contributed by atoms with E-state index in [1.54, 1.807) is 6.92 Å². The first-order valence-electron chi connectivity index (χ1n) is 15.7. The zero-order chi connectivity index (χ0) is 34.4. The fourth-order valence-corrected chi connectivity index (χ4v) is 8.51. The van der Waals surface area contributed by atoms with Crippen molar-refractivity contribution in [2.45, 2.75) is 63.8 Å². The number of benzene rings is 1. The van der Waals surface area contributed by atoms with Gasteiger partial charge in [0.15, 0.2) is 5.82 Å². The van der Waals surface area contributed by atoms with E-state index in [0.717, 1.165) is 18.9 Å². The molecule has 4 aliphatic rings. The number of piperidine rings is 1. The van der Waals surface area contributed by atoms with Crippen LogP contribution in [-0.2, 0) is 6.18 Å². The number of halogens is 7. The number of alkyl halides is 3. The zero-order valence-corrected chi connectivity index (χ0v) is 27.3. The number of aryl methyl sites for hydroxylation is 1. The summed E-state index contributed by atoms with van der Waals surface area (Å²) in [4.78, 5) is 17.1. The minimum atomic E-state index is -4.92. The Morgan fingerprint density at radius 3 is 2.67 bits per heavy atom. The van der Waals surface area contributed by atoms with E-state index in [1.165, 1.54) is 6.92 Å². The number of nitrogens with two attached hydrogens (primary N) is 1. The van der Waals surface area contributed by atoms with Crippen molar-refractivity contribution < 1.29 is 31.1 Å². The number of nitrogen functional groups attached to an aromatic ring is 1. The third-order valence-corrected chi connectivity index (χ3v) is 10.6. The molecule has 2 aromatic heterocycles. The highest BCUT2D eigenvalue weighted by Crippen LogP contribution is 2.51. The van der Waals surface area contributed by atoms with Crippen molar-refractivity contribution >= 4 is 39.7 Å². The molecule has 0 spiro atoms. The van der Waals surface area contributed by atoms with Crippen LogP contribution in [0.2, 0.25) is 5.02 Å². The Morgan fingerprint density at radius 2 is 1.96 bits per heavy atom. The van der Waals surface area contributed by atoms with Gasteiger partial charge in [0.05, 0.1) is 27.2 Å². The van der Waals surface area contributed by atoms with E-state index in [9.17, 15) is 22.0 Å². The fraction of sp³-hybridized carbons (Fsp3) is 0.485. The van der Waals surface area contributed by atoms with Crippen molar-refractivity contribution in [3.05, 3.63) is 51.8 Å². The van der Waals surface area contributed by atoms with Crippen LogP contribution in [0.5, 0.6) is 6.01 Å². The zero-order valence-electron chi connectivity index (χ0n) is 26.5. The summed E-state index contributed by atoms with van der Waals surface area (Å²) in [6.07, 6.45) is -4.41. The number of rotatable bonds is 4. The van der Waals surface area contributed by atoms with Crippen LogP contribution >= 0.6 is 11.6 Å². The van der Waals surface area contributed by atoms with E-state index in [1.807, 2.05) is 16.8 Å². The number of nitrogens with zero attached hydrogens (tertiary/aromatic N) is 5.